The van der Waals surface area contributed by atoms with Crippen molar-refractivity contribution in [2.24, 2.45) is 0 Å². The predicted octanol–water partition coefficient (Wildman–Crippen LogP) is 3.77. The second-order valence-electron chi connectivity index (χ2n) is 4.56. The molecule has 2 atom stereocenters. The van der Waals surface area contributed by atoms with Crippen molar-refractivity contribution in [3.05, 3.63) is 51.3 Å². The van der Waals surface area contributed by atoms with E-state index in [-0.39, 0.29) is 14.9 Å². The summed E-state index contributed by atoms with van der Waals surface area (Å²) >= 11 is 0. The standard InChI is InChI=1S/C5H8O.C4H6O.C3H6O.C2H4O.4CO.2CH4/c1-4-3-5(2)6-4;1-4-2-3-5-4;1-3-2-4-3;1-2-3-1;4*1-2;;/h5H,1,3H2,2H3;1-3H2;3H,2H2,1H3;1-2H2;;;;;2*1H4. The van der Waals surface area contributed by atoms with Gasteiger partial charge in [0.15, 0.2) is 0 Å². The molecule has 0 spiro atoms. The minimum absolute atomic E-state index is 0. The minimum atomic E-state index is 0. The van der Waals surface area contributed by atoms with E-state index in [0.717, 1.165) is 50.8 Å². The van der Waals surface area contributed by atoms with Gasteiger partial charge in [-0.2, -0.15) is 0 Å². The van der Waals surface area contributed by atoms with Crippen LogP contribution in [0.5, 0.6) is 0 Å². The van der Waals surface area contributed by atoms with Crippen LogP contribution in [0, 0.1) is 26.6 Å². The first-order valence-electron chi connectivity index (χ1n) is 7.24. The van der Waals surface area contributed by atoms with Crippen LogP contribution in [-0.4, -0.2) is 38.6 Å². The van der Waals surface area contributed by atoms with Crippen LogP contribution in [-0.2, 0) is 37.6 Å². The second kappa shape index (κ2) is 36.0. The van der Waals surface area contributed by atoms with E-state index in [0.29, 0.717) is 12.2 Å². The molecule has 4 aliphatic heterocycles. The third-order valence-electron chi connectivity index (χ3n) is 2.27. The summed E-state index contributed by atoms with van der Waals surface area (Å²) in [4.78, 5) is 0. The molecule has 0 saturated carbocycles. The summed E-state index contributed by atoms with van der Waals surface area (Å²) in [6, 6.07) is 0. The molecule has 0 aromatic carbocycles. The summed E-state index contributed by atoms with van der Waals surface area (Å²) in [7, 11) is 0. The molecule has 0 aromatic rings. The zero-order chi connectivity index (χ0) is 21.4. The molecule has 4 rings (SSSR count). The third-order valence-corrected chi connectivity index (χ3v) is 2.27. The van der Waals surface area contributed by atoms with Gasteiger partial charge >= 0.3 is 45.2 Å². The predicted molar refractivity (Wildman–Crippen MR) is 99.4 cm³/mol. The van der Waals surface area contributed by atoms with E-state index in [4.69, 9.17) is 32.8 Å². The van der Waals surface area contributed by atoms with Crippen molar-refractivity contribution in [2.75, 3.05) is 26.4 Å². The monoisotopic (exact) mass is 400 g/mol. The van der Waals surface area contributed by atoms with E-state index in [1.54, 1.807) is 0 Å². The van der Waals surface area contributed by atoms with Gasteiger partial charge < -0.3 is 18.9 Å². The maximum absolute atomic E-state index is 7.50. The average molecular weight is 400 g/mol. The average Bonchev–Trinajstić information content (AvgIpc) is 3.55. The van der Waals surface area contributed by atoms with E-state index in [2.05, 4.69) is 51.4 Å². The second-order valence-corrected chi connectivity index (χ2v) is 4.56. The van der Waals surface area contributed by atoms with Crippen LogP contribution in [0.1, 0.15) is 41.5 Å². The van der Waals surface area contributed by atoms with Gasteiger partial charge in [-0.1, -0.05) is 28.0 Å². The van der Waals surface area contributed by atoms with Crippen molar-refractivity contribution in [3.8, 4) is 0 Å². The normalized spacial score (nSPS) is 18.9. The van der Waals surface area contributed by atoms with E-state index < -0.39 is 0 Å². The zero-order valence-electron chi connectivity index (χ0n) is 15.1. The Morgan fingerprint density at radius 3 is 1.04 bits per heavy atom. The van der Waals surface area contributed by atoms with Gasteiger partial charge in [-0.15, -0.1) is 0 Å². The summed E-state index contributed by atoms with van der Waals surface area (Å²) in [5.74, 6) is 1.87. The first-order valence-corrected chi connectivity index (χ1v) is 7.24. The Morgan fingerprint density at radius 2 is 1.04 bits per heavy atom. The summed E-state index contributed by atoms with van der Waals surface area (Å²) in [6.45, 7) is 33.1. The Labute approximate surface area is 169 Å². The Hall–Kier alpha value is -2.04. The third kappa shape index (κ3) is 49.6. The molecule has 2 unspecified atom stereocenters. The van der Waals surface area contributed by atoms with Crippen LogP contribution in [0.4, 0.5) is 0 Å². The molecular formula is C20H32O8. The van der Waals surface area contributed by atoms with Gasteiger partial charge in [0.2, 0.25) is 0 Å². The molecule has 0 radical (unpaired) electrons. The van der Waals surface area contributed by atoms with Gasteiger partial charge in [-0.3, -0.25) is 0 Å². The van der Waals surface area contributed by atoms with Crippen molar-refractivity contribution >= 4 is 0 Å². The molecule has 4 heterocycles. The molecule has 0 aromatic heterocycles. The molecule has 8 nitrogen and oxygen atoms in total. The van der Waals surface area contributed by atoms with Crippen molar-refractivity contribution in [1.82, 2.24) is 0 Å². The van der Waals surface area contributed by atoms with Crippen LogP contribution in [0.3, 0.4) is 0 Å². The summed E-state index contributed by atoms with van der Waals surface area (Å²) in [5.41, 5.74) is 0. The molecule has 8 heteroatoms. The van der Waals surface area contributed by atoms with Gasteiger partial charge in [0.05, 0.1) is 44.0 Å². The zero-order valence-corrected chi connectivity index (χ0v) is 15.1. The quantitative estimate of drug-likeness (QED) is 0.349. The van der Waals surface area contributed by atoms with Crippen LogP contribution < -0.4 is 0 Å². The number of epoxide rings is 2. The van der Waals surface area contributed by atoms with Gasteiger partial charge in [0.1, 0.15) is 6.10 Å². The number of ether oxygens (including phenoxy) is 4. The number of hydrogen-bond acceptors (Lipinski definition) is 4. The van der Waals surface area contributed by atoms with Gasteiger partial charge in [0.25, 0.3) is 0 Å². The molecule has 4 aliphatic rings. The van der Waals surface area contributed by atoms with Crippen LogP contribution in [0.2, 0.25) is 0 Å². The summed E-state index contributed by atoms with van der Waals surface area (Å²) in [5, 5.41) is 0. The fourth-order valence-corrected chi connectivity index (χ4v) is 0.938. The SMILES string of the molecule is C.C.C1CO1.C=C1CC(C)O1.C=C1CCO1.CC1CO1.[C-]#[O+].[C-]#[O+].[C-]#[O+].[C-]#[O+]. The van der Waals surface area contributed by atoms with E-state index in [9.17, 15) is 0 Å². The van der Waals surface area contributed by atoms with E-state index in [1.165, 1.54) is 0 Å². The van der Waals surface area contributed by atoms with E-state index >= 15 is 0 Å². The molecule has 4 fully saturated rings. The number of hydrogen-bond donors (Lipinski definition) is 0. The number of rotatable bonds is 0. The molecular weight excluding hydrogens is 368 g/mol. The Balaban J connectivity index is -0.0000000512. The van der Waals surface area contributed by atoms with Gasteiger partial charge in [0, 0.05) is 12.8 Å². The summed E-state index contributed by atoms with van der Waals surface area (Å²) < 4.78 is 48.9. The van der Waals surface area contributed by atoms with Gasteiger partial charge in [-0.05, 0) is 13.8 Å². The molecule has 28 heavy (non-hydrogen) atoms. The van der Waals surface area contributed by atoms with Crippen molar-refractivity contribution in [1.29, 1.82) is 0 Å². The topological polar surface area (TPSA) is 123 Å². The maximum atomic E-state index is 7.50. The van der Waals surface area contributed by atoms with Crippen molar-refractivity contribution in [3.63, 3.8) is 0 Å². The Bertz CT molecular complexity index is 376. The van der Waals surface area contributed by atoms with E-state index in [1.807, 2.05) is 6.92 Å². The summed E-state index contributed by atoms with van der Waals surface area (Å²) in [6.07, 6.45) is 3.15. The molecule has 4 saturated heterocycles. The Morgan fingerprint density at radius 1 is 0.786 bits per heavy atom. The molecule has 0 bridgehead atoms. The van der Waals surface area contributed by atoms with Crippen LogP contribution in [0.25, 0.3) is 0 Å². The van der Waals surface area contributed by atoms with Crippen LogP contribution in [0.15, 0.2) is 24.7 Å². The fourth-order valence-electron chi connectivity index (χ4n) is 0.938. The first kappa shape index (κ1) is 40.6. The van der Waals surface area contributed by atoms with Crippen molar-refractivity contribution in [2.45, 2.75) is 53.8 Å². The molecule has 0 aliphatic carbocycles. The van der Waals surface area contributed by atoms with Crippen molar-refractivity contribution < 1.29 is 37.6 Å². The molecule has 0 amide bonds. The first-order chi connectivity index (χ1) is 12.6. The fraction of sp³-hybridized carbons (Fsp3) is 0.600. The van der Waals surface area contributed by atoms with Gasteiger partial charge in [-0.25, -0.2) is 0 Å². The Kier molecular flexibility index (Phi) is 52.1. The molecule has 160 valence electrons. The van der Waals surface area contributed by atoms with Crippen LogP contribution >= 0.6 is 0 Å². The molecule has 0 N–H and O–H groups in total.